The molecule has 7 heteroatoms. The molecule has 1 aromatic carbocycles. The van der Waals surface area contributed by atoms with E-state index in [0.717, 1.165) is 43.6 Å². The molecule has 1 heterocycles. The van der Waals surface area contributed by atoms with E-state index in [2.05, 4.69) is 15.2 Å². The Balaban J connectivity index is 1.80. The molecule has 0 radical (unpaired) electrons. The van der Waals surface area contributed by atoms with Crippen LogP contribution in [0.5, 0.6) is 0 Å². The average molecular weight is 348 g/mol. The molecule has 0 saturated carbocycles. The number of hydrogen-bond acceptors (Lipinski definition) is 5. The van der Waals surface area contributed by atoms with Gasteiger partial charge in [0.2, 0.25) is 0 Å². The van der Waals surface area contributed by atoms with Crippen molar-refractivity contribution in [3.05, 3.63) is 33.8 Å². The highest BCUT2D eigenvalue weighted by atomic mass is 35.5. The maximum absolute atomic E-state index is 6.16. The molecule has 0 atom stereocenters. The van der Waals surface area contributed by atoms with Crippen LogP contribution in [-0.2, 0) is 10.5 Å². The number of amidine groups is 1. The van der Waals surface area contributed by atoms with Crippen LogP contribution in [0.4, 0.5) is 0 Å². The second kappa shape index (κ2) is 8.86. The highest BCUT2D eigenvalue weighted by Gasteiger charge is 2.13. The van der Waals surface area contributed by atoms with Crippen LogP contribution in [0.15, 0.2) is 23.2 Å². The molecule has 116 valence electrons. The number of hydrogen-bond donors (Lipinski definition) is 1. The molecule has 0 aliphatic carbocycles. The van der Waals surface area contributed by atoms with Crippen molar-refractivity contribution in [1.82, 2.24) is 10.2 Å². The molecule has 2 rings (SSSR count). The van der Waals surface area contributed by atoms with Crippen molar-refractivity contribution in [3.63, 3.8) is 0 Å². The second-order valence-corrected chi connectivity index (χ2v) is 6.45. The summed E-state index contributed by atoms with van der Waals surface area (Å²) < 4.78 is 5.05. The van der Waals surface area contributed by atoms with Crippen molar-refractivity contribution < 1.29 is 4.74 Å². The molecule has 0 saturated heterocycles. The first-order valence-corrected chi connectivity index (χ1v) is 8.50. The van der Waals surface area contributed by atoms with E-state index in [1.807, 2.05) is 18.2 Å². The zero-order valence-electron chi connectivity index (χ0n) is 11.9. The molecule has 1 aliphatic rings. The van der Waals surface area contributed by atoms with Crippen LogP contribution in [0.2, 0.25) is 10.0 Å². The van der Waals surface area contributed by atoms with Gasteiger partial charge in [-0.15, -0.1) is 0 Å². The highest BCUT2D eigenvalue weighted by Crippen LogP contribution is 2.28. The highest BCUT2D eigenvalue weighted by molar-refractivity contribution is 8.13. The molecule has 21 heavy (non-hydrogen) atoms. The summed E-state index contributed by atoms with van der Waals surface area (Å²) in [5.74, 6) is 0.716. The van der Waals surface area contributed by atoms with Gasteiger partial charge in [0, 0.05) is 36.1 Å². The third kappa shape index (κ3) is 5.34. The number of thioether (sulfide) groups is 1. The fourth-order valence-corrected chi connectivity index (χ4v) is 3.54. The topological polar surface area (TPSA) is 36.9 Å². The molecular formula is C14H19Cl2N3OS. The molecule has 1 aromatic rings. The van der Waals surface area contributed by atoms with E-state index in [1.165, 1.54) is 0 Å². The molecule has 0 aromatic heterocycles. The van der Waals surface area contributed by atoms with Crippen LogP contribution in [0, 0.1) is 0 Å². The Labute approximate surface area is 139 Å². The van der Waals surface area contributed by atoms with Crippen LogP contribution in [0.1, 0.15) is 12.0 Å². The number of nitrogens with zero attached hydrogens (tertiary/aromatic N) is 2. The molecule has 0 fully saturated rings. The fourth-order valence-electron chi connectivity index (χ4n) is 1.94. The molecule has 1 aliphatic heterocycles. The Hall–Kier alpha value is -0.460. The van der Waals surface area contributed by atoms with Crippen LogP contribution in [-0.4, -0.2) is 43.7 Å². The van der Waals surface area contributed by atoms with E-state index in [-0.39, 0.29) is 0 Å². The van der Waals surface area contributed by atoms with Crippen molar-refractivity contribution in [2.24, 2.45) is 4.99 Å². The lowest BCUT2D eigenvalue weighted by Crippen LogP contribution is -2.42. The largest absolute Gasteiger partial charge is 0.385 e. The quantitative estimate of drug-likeness (QED) is 0.799. The number of rotatable bonds is 6. The van der Waals surface area contributed by atoms with E-state index in [9.17, 15) is 0 Å². The standard InChI is InChI=1S/C14H19Cl2N3OS/c1-20-7-3-6-19-9-17-14(18-10-19)21-8-11-12(15)4-2-5-13(11)16/h2,4-5H,3,6-10H2,1H3,(H,17,18). The minimum Gasteiger partial charge on any atom is -0.385 e. The number of nitrogens with one attached hydrogen (secondary N) is 1. The molecule has 1 N–H and O–H groups in total. The lowest BCUT2D eigenvalue weighted by atomic mass is 10.2. The van der Waals surface area contributed by atoms with Gasteiger partial charge < -0.3 is 10.1 Å². The third-order valence-electron chi connectivity index (χ3n) is 3.11. The SMILES string of the molecule is COCCCN1CN=C(SCc2c(Cl)cccc2Cl)NC1. The van der Waals surface area contributed by atoms with Crippen molar-refractivity contribution in [2.45, 2.75) is 12.2 Å². The maximum Gasteiger partial charge on any atom is 0.159 e. The van der Waals surface area contributed by atoms with E-state index in [4.69, 9.17) is 27.9 Å². The Bertz CT molecular complexity index is 479. The monoisotopic (exact) mass is 347 g/mol. The molecule has 0 bridgehead atoms. The Morgan fingerprint density at radius 2 is 2.14 bits per heavy atom. The van der Waals surface area contributed by atoms with Gasteiger partial charge in [-0.1, -0.05) is 41.0 Å². The zero-order valence-corrected chi connectivity index (χ0v) is 14.3. The van der Waals surface area contributed by atoms with Gasteiger partial charge >= 0.3 is 0 Å². The van der Waals surface area contributed by atoms with Gasteiger partial charge in [0.25, 0.3) is 0 Å². The molecule has 0 amide bonds. The summed E-state index contributed by atoms with van der Waals surface area (Å²) in [6.07, 6.45) is 1.02. The van der Waals surface area contributed by atoms with Crippen LogP contribution >= 0.6 is 35.0 Å². The maximum atomic E-state index is 6.16. The summed E-state index contributed by atoms with van der Waals surface area (Å²) in [5, 5.41) is 5.66. The Morgan fingerprint density at radius 3 is 2.76 bits per heavy atom. The zero-order chi connectivity index (χ0) is 15.1. The summed E-state index contributed by atoms with van der Waals surface area (Å²) in [7, 11) is 1.72. The van der Waals surface area contributed by atoms with Crippen LogP contribution < -0.4 is 5.32 Å². The van der Waals surface area contributed by atoms with E-state index >= 15 is 0 Å². The first-order chi connectivity index (χ1) is 10.2. The number of ether oxygens (including phenoxy) is 1. The van der Waals surface area contributed by atoms with Crippen LogP contribution in [0.25, 0.3) is 0 Å². The predicted octanol–water partition coefficient (Wildman–Crippen LogP) is 3.44. The Kier molecular flexibility index (Phi) is 7.13. The predicted molar refractivity (Wildman–Crippen MR) is 91.3 cm³/mol. The first kappa shape index (κ1) is 16.9. The van der Waals surface area contributed by atoms with Gasteiger partial charge in [0.05, 0.1) is 13.3 Å². The average Bonchev–Trinajstić information content (AvgIpc) is 2.48. The van der Waals surface area contributed by atoms with Crippen molar-refractivity contribution >= 4 is 40.1 Å². The normalized spacial score (nSPS) is 15.7. The number of aliphatic imine (C=N–C) groups is 1. The summed E-state index contributed by atoms with van der Waals surface area (Å²) in [6, 6.07) is 5.57. The van der Waals surface area contributed by atoms with E-state index < -0.39 is 0 Å². The second-order valence-electron chi connectivity index (χ2n) is 4.67. The van der Waals surface area contributed by atoms with Gasteiger partial charge in [0.1, 0.15) is 0 Å². The number of benzene rings is 1. The smallest absolute Gasteiger partial charge is 0.159 e. The molecule has 0 spiro atoms. The molecule has 4 nitrogen and oxygen atoms in total. The van der Waals surface area contributed by atoms with E-state index in [0.29, 0.717) is 15.8 Å². The summed E-state index contributed by atoms with van der Waals surface area (Å²) in [4.78, 5) is 6.77. The minimum atomic E-state index is 0.701. The Morgan fingerprint density at radius 1 is 1.38 bits per heavy atom. The lowest BCUT2D eigenvalue weighted by Gasteiger charge is -2.26. The summed E-state index contributed by atoms with van der Waals surface area (Å²) in [5.41, 5.74) is 0.956. The number of methoxy groups -OCH3 is 1. The summed E-state index contributed by atoms with van der Waals surface area (Å²) in [6.45, 7) is 3.30. The fraction of sp³-hybridized carbons (Fsp3) is 0.500. The van der Waals surface area contributed by atoms with Crippen molar-refractivity contribution in [1.29, 1.82) is 0 Å². The summed E-state index contributed by atoms with van der Waals surface area (Å²) >= 11 is 14.0. The van der Waals surface area contributed by atoms with Gasteiger partial charge in [0.15, 0.2) is 5.17 Å². The van der Waals surface area contributed by atoms with Crippen LogP contribution in [0.3, 0.4) is 0 Å². The van der Waals surface area contributed by atoms with Crippen molar-refractivity contribution in [2.75, 3.05) is 33.6 Å². The van der Waals surface area contributed by atoms with Gasteiger partial charge in [-0.3, -0.25) is 4.90 Å². The van der Waals surface area contributed by atoms with E-state index in [1.54, 1.807) is 18.9 Å². The molecule has 0 unspecified atom stereocenters. The van der Waals surface area contributed by atoms with Gasteiger partial charge in [-0.2, -0.15) is 0 Å². The molecular weight excluding hydrogens is 329 g/mol. The first-order valence-electron chi connectivity index (χ1n) is 6.76. The van der Waals surface area contributed by atoms with Gasteiger partial charge in [-0.25, -0.2) is 4.99 Å². The lowest BCUT2D eigenvalue weighted by molar-refractivity contribution is 0.170. The van der Waals surface area contributed by atoms with Gasteiger partial charge in [-0.05, 0) is 24.1 Å². The third-order valence-corrected chi connectivity index (χ3v) is 4.79. The number of halogens is 2. The minimum absolute atomic E-state index is 0.701. The van der Waals surface area contributed by atoms with Crippen molar-refractivity contribution in [3.8, 4) is 0 Å².